The summed E-state index contributed by atoms with van der Waals surface area (Å²) in [5.74, 6) is -0.140. The number of carbonyl (C=O) groups is 1. The first-order valence-electron chi connectivity index (χ1n) is 7.81. The zero-order valence-corrected chi connectivity index (χ0v) is 13.5. The second-order valence-electron chi connectivity index (χ2n) is 6.18. The SMILES string of the molecule is O=C(Cc1nc(C(F)(F)F)cs1)N1CCOCC12CCCCC2. The molecule has 1 aromatic heterocycles. The lowest BCUT2D eigenvalue weighted by Crippen LogP contribution is -2.60. The quantitative estimate of drug-likeness (QED) is 0.824. The van der Waals surface area contributed by atoms with Crippen LogP contribution >= 0.6 is 11.3 Å². The van der Waals surface area contributed by atoms with Crippen molar-refractivity contribution in [1.29, 1.82) is 0 Å². The Hall–Kier alpha value is -1.15. The Kier molecular flexibility index (Phi) is 4.64. The Bertz CT molecular complexity index is 559. The van der Waals surface area contributed by atoms with Gasteiger partial charge >= 0.3 is 6.18 Å². The van der Waals surface area contributed by atoms with Gasteiger partial charge in [-0.1, -0.05) is 19.3 Å². The minimum atomic E-state index is -4.46. The maximum Gasteiger partial charge on any atom is 0.434 e. The lowest BCUT2D eigenvalue weighted by atomic mass is 9.80. The number of halogens is 3. The molecule has 3 rings (SSSR count). The van der Waals surface area contributed by atoms with E-state index in [1.54, 1.807) is 0 Å². The van der Waals surface area contributed by atoms with Crippen LogP contribution in [0.25, 0.3) is 0 Å². The van der Waals surface area contributed by atoms with Crippen LogP contribution in [0.15, 0.2) is 5.38 Å². The van der Waals surface area contributed by atoms with Gasteiger partial charge in [-0.05, 0) is 12.8 Å². The molecule has 0 atom stereocenters. The zero-order chi connectivity index (χ0) is 16.5. The monoisotopic (exact) mass is 348 g/mol. The van der Waals surface area contributed by atoms with Crippen LogP contribution in [0.1, 0.15) is 42.8 Å². The predicted molar refractivity (Wildman–Crippen MR) is 79.2 cm³/mol. The average Bonchev–Trinajstić information content (AvgIpc) is 2.97. The fourth-order valence-electron chi connectivity index (χ4n) is 3.49. The van der Waals surface area contributed by atoms with Gasteiger partial charge in [-0.25, -0.2) is 4.98 Å². The molecule has 1 aliphatic heterocycles. The number of rotatable bonds is 2. The first-order valence-corrected chi connectivity index (χ1v) is 8.68. The number of carbonyl (C=O) groups excluding carboxylic acids is 1. The minimum absolute atomic E-state index is 0.0670. The summed E-state index contributed by atoms with van der Waals surface area (Å²) < 4.78 is 43.4. The van der Waals surface area contributed by atoms with Gasteiger partial charge in [0.05, 0.1) is 25.2 Å². The van der Waals surface area contributed by atoms with Crippen molar-refractivity contribution in [1.82, 2.24) is 9.88 Å². The molecule has 0 N–H and O–H groups in total. The van der Waals surface area contributed by atoms with E-state index in [9.17, 15) is 18.0 Å². The molecule has 1 aliphatic carbocycles. The van der Waals surface area contributed by atoms with Crippen molar-refractivity contribution >= 4 is 17.2 Å². The molecule has 23 heavy (non-hydrogen) atoms. The van der Waals surface area contributed by atoms with Crippen molar-refractivity contribution in [3.63, 3.8) is 0 Å². The molecule has 1 saturated carbocycles. The molecule has 1 saturated heterocycles. The summed E-state index contributed by atoms with van der Waals surface area (Å²) in [5.41, 5.74) is -1.18. The third-order valence-electron chi connectivity index (χ3n) is 4.63. The topological polar surface area (TPSA) is 42.4 Å². The normalized spacial score (nSPS) is 21.6. The summed E-state index contributed by atoms with van der Waals surface area (Å²) >= 11 is 0.894. The van der Waals surface area contributed by atoms with Gasteiger partial charge in [0.15, 0.2) is 5.69 Å². The molecule has 0 radical (unpaired) electrons. The molecule has 8 heteroatoms. The fraction of sp³-hybridized carbons (Fsp3) is 0.733. The number of hydrogen-bond acceptors (Lipinski definition) is 4. The lowest BCUT2D eigenvalue weighted by Gasteiger charge is -2.49. The first-order chi connectivity index (χ1) is 10.9. The van der Waals surface area contributed by atoms with E-state index in [1.165, 1.54) is 0 Å². The molecule has 2 heterocycles. The van der Waals surface area contributed by atoms with E-state index in [-0.39, 0.29) is 22.9 Å². The Morgan fingerprint density at radius 3 is 2.74 bits per heavy atom. The number of thiazole rings is 1. The van der Waals surface area contributed by atoms with Gasteiger partial charge < -0.3 is 9.64 Å². The summed E-state index contributed by atoms with van der Waals surface area (Å²) in [7, 11) is 0. The van der Waals surface area contributed by atoms with Crippen LogP contribution in [-0.4, -0.2) is 41.1 Å². The third-order valence-corrected chi connectivity index (χ3v) is 5.48. The minimum Gasteiger partial charge on any atom is -0.377 e. The largest absolute Gasteiger partial charge is 0.434 e. The number of hydrogen-bond donors (Lipinski definition) is 0. The molecule has 0 aromatic carbocycles. The Morgan fingerprint density at radius 1 is 1.35 bits per heavy atom. The number of amides is 1. The van der Waals surface area contributed by atoms with Gasteiger partial charge in [0.25, 0.3) is 0 Å². The van der Waals surface area contributed by atoms with Crippen LogP contribution in [0.4, 0.5) is 13.2 Å². The number of alkyl halides is 3. The van der Waals surface area contributed by atoms with E-state index in [0.717, 1.165) is 48.8 Å². The molecule has 1 aromatic rings. The van der Waals surface area contributed by atoms with E-state index < -0.39 is 11.9 Å². The number of ether oxygens (including phenoxy) is 1. The summed E-state index contributed by atoms with van der Waals surface area (Å²) in [6.07, 6.45) is 0.565. The van der Waals surface area contributed by atoms with Crippen LogP contribution in [0.5, 0.6) is 0 Å². The summed E-state index contributed by atoms with van der Waals surface area (Å²) in [6, 6.07) is 0. The van der Waals surface area contributed by atoms with E-state index in [0.29, 0.717) is 19.8 Å². The van der Waals surface area contributed by atoms with Crippen LogP contribution in [0.3, 0.4) is 0 Å². The van der Waals surface area contributed by atoms with Crippen molar-refractivity contribution in [2.45, 2.75) is 50.2 Å². The van der Waals surface area contributed by atoms with E-state index >= 15 is 0 Å². The highest BCUT2D eigenvalue weighted by Crippen LogP contribution is 2.36. The summed E-state index contributed by atoms with van der Waals surface area (Å²) in [6.45, 7) is 1.53. The molecule has 1 spiro atoms. The number of nitrogens with zero attached hydrogens (tertiary/aromatic N) is 2. The zero-order valence-electron chi connectivity index (χ0n) is 12.7. The van der Waals surface area contributed by atoms with Crippen LogP contribution in [0, 0.1) is 0 Å². The standard InChI is InChI=1S/C15H19F3N2O2S/c16-15(17,18)11-9-23-12(19-11)8-13(21)20-6-7-22-10-14(20)4-2-1-3-5-14/h9H,1-8,10H2. The van der Waals surface area contributed by atoms with E-state index in [2.05, 4.69) is 4.98 Å². The lowest BCUT2D eigenvalue weighted by molar-refractivity contribution is -0.152. The second kappa shape index (κ2) is 6.39. The Morgan fingerprint density at radius 2 is 2.09 bits per heavy atom. The maximum absolute atomic E-state index is 12.7. The molecular formula is C15H19F3N2O2S. The highest BCUT2D eigenvalue weighted by atomic mass is 32.1. The molecule has 128 valence electrons. The molecule has 4 nitrogen and oxygen atoms in total. The molecule has 2 fully saturated rings. The summed E-state index contributed by atoms with van der Waals surface area (Å²) in [5, 5.41) is 1.19. The molecule has 1 amide bonds. The number of aromatic nitrogens is 1. The highest BCUT2D eigenvalue weighted by molar-refractivity contribution is 7.09. The fourth-order valence-corrected chi connectivity index (χ4v) is 4.29. The molecule has 2 aliphatic rings. The third kappa shape index (κ3) is 3.52. The van der Waals surface area contributed by atoms with E-state index in [1.807, 2.05) is 4.90 Å². The van der Waals surface area contributed by atoms with Crippen molar-refractivity contribution in [2.24, 2.45) is 0 Å². The van der Waals surface area contributed by atoms with Gasteiger partial charge in [-0.2, -0.15) is 13.2 Å². The maximum atomic E-state index is 12.7. The average molecular weight is 348 g/mol. The Labute approximate surface area is 136 Å². The van der Waals surface area contributed by atoms with Crippen molar-refractivity contribution in [2.75, 3.05) is 19.8 Å². The smallest absolute Gasteiger partial charge is 0.377 e. The van der Waals surface area contributed by atoms with Crippen molar-refractivity contribution in [3.8, 4) is 0 Å². The van der Waals surface area contributed by atoms with Gasteiger partial charge in [-0.3, -0.25) is 4.79 Å². The second-order valence-corrected chi connectivity index (χ2v) is 7.13. The Balaban J connectivity index is 1.72. The van der Waals surface area contributed by atoms with Gasteiger partial charge in [0.1, 0.15) is 5.01 Å². The molecular weight excluding hydrogens is 329 g/mol. The van der Waals surface area contributed by atoms with Gasteiger partial charge in [0, 0.05) is 11.9 Å². The highest BCUT2D eigenvalue weighted by Gasteiger charge is 2.43. The molecule has 0 bridgehead atoms. The van der Waals surface area contributed by atoms with Gasteiger partial charge in [0.2, 0.25) is 5.91 Å². The summed E-state index contributed by atoms with van der Waals surface area (Å²) in [4.78, 5) is 18.1. The van der Waals surface area contributed by atoms with E-state index in [4.69, 9.17) is 4.74 Å². The molecule has 0 unspecified atom stereocenters. The first kappa shape index (κ1) is 16.7. The van der Waals surface area contributed by atoms with Crippen LogP contribution < -0.4 is 0 Å². The van der Waals surface area contributed by atoms with Crippen molar-refractivity contribution < 1.29 is 22.7 Å². The number of morpholine rings is 1. The van der Waals surface area contributed by atoms with Gasteiger partial charge in [-0.15, -0.1) is 11.3 Å². The van der Waals surface area contributed by atoms with Crippen LogP contribution in [0.2, 0.25) is 0 Å². The predicted octanol–water partition coefficient (Wildman–Crippen LogP) is 3.27. The van der Waals surface area contributed by atoms with Crippen molar-refractivity contribution in [3.05, 3.63) is 16.1 Å². The van der Waals surface area contributed by atoms with Crippen LogP contribution in [-0.2, 0) is 22.1 Å².